The van der Waals surface area contributed by atoms with Crippen LogP contribution in [-0.4, -0.2) is 34.6 Å². The van der Waals surface area contributed by atoms with Crippen LogP contribution in [0.25, 0.3) is 0 Å². The molecule has 4 heteroatoms. The van der Waals surface area contributed by atoms with Crippen LogP contribution in [0.15, 0.2) is 0 Å². The summed E-state index contributed by atoms with van der Waals surface area (Å²) < 4.78 is 0. The van der Waals surface area contributed by atoms with Gasteiger partial charge in [0.25, 0.3) is 0 Å². The molecule has 0 bridgehead atoms. The lowest BCUT2D eigenvalue weighted by molar-refractivity contribution is 0.0450. The molecule has 0 rings (SSSR count). The van der Waals surface area contributed by atoms with E-state index in [1.807, 2.05) is 0 Å². The van der Waals surface area contributed by atoms with E-state index in [0.717, 1.165) is 0 Å². The van der Waals surface area contributed by atoms with Gasteiger partial charge >= 0.3 is 0 Å². The summed E-state index contributed by atoms with van der Waals surface area (Å²) in [7, 11) is 0. The third-order valence-electron chi connectivity index (χ3n) is 0.421. The zero-order valence-corrected chi connectivity index (χ0v) is 5.45. The van der Waals surface area contributed by atoms with Crippen molar-refractivity contribution in [1.82, 2.24) is 0 Å². The topological polar surface area (TPSA) is 60.7 Å². The molecule has 3 nitrogen and oxygen atoms in total. The first-order valence-electron chi connectivity index (χ1n) is 1.71. The van der Waals surface area contributed by atoms with E-state index in [1.54, 1.807) is 0 Å². The summed E-state index contributed by atoms with van der Waals surface area (Å²) >= 11 is 0. The minimum atomic E-state index is -0.954. The minimum Gasteiger partial charge on any atom is -0.394 e. The Morgan fingerprint density at radius 3 is 1.43 bits per heavy atom. The van der Waals surface area contributed by atoms with Crippen LogP contribution in [-0.2, 0) is 0 Å². The van der Waals surface area contributed by atoms with Crippen molar-refractivity contribution in [1.29, 1.82) is 0 Å². The van der Waals surface area contributed by atoms with Crippen LogP contribution in [0.3, 0.4) is 0 Å². The number of halogens is 1. The highest BCUT2D eigenvalue weighted by Crippen LogP contribution is 1.71. The molecule has 0 aliphatic rings. The molecule has 0 atom stereocenters. The van der Waals surface area contributed by atoms with Crippen LogP contribution < -0.4 is 0 Å². The molecule has 7 heavy (non-hydrogen) atoms. The summed E-state index contributed by atoms with van der Waals surface area (Å²) in [5.74, 6) is 0. The third kappa shape index (κ3) is 6.36. The maximum absolute atomic E-state index is 8.17. The van der Waals surface area contributed by atoms with Gasteiger partial charge in [-0.1, -0.05) is 0 Å². The van der Waals surface area contributed by atoms with Gasteiger partial charge in [0.1, 0.15) is 6.10 Å². The van der Waals surface area contributed by atoms with Crippen molar-refractivity contribution in [2.75, 3.05) is 13.2 Å². The first-order chi connectivity index (χ1) is 2.81. The van der Waals surface area contributed by atoms with Gasteiger partial charge in [-0.05, 0) is 0 Å². The maximum atomic E-state index is 8.17. The predicted molar refractivity (Wildman–Crippen MR) is 30.5 cm³/mol. The Labute approximate surface area is 52.4 Å². The molecule has 0 fully saturated rings. The molecule has 0 saturated heterocycles. The molecule has 0 radical (unpaired) electrons. The molecule has 0 heterocycles. The van der Waals surface area contributed by atoms with E-state index >= 15 is 0 Å². The highest BCUT2D eigenvalue weighted by Gasteiger charge is 1.93. The van der Waals surface area contributed by atoms with Crippen LogP contribution in [0.5, 0.6) is 0 Å². The summed E-state index contributed by atoms with van der Waals surface area (Å²) in [6.45, 7) is -0.729. The molecule has 0 spiro atoms. The van der Waals surface area contributed by atoms with Crippen molar-refractivity contribution >= 4 is 17.0 Å². The van der Waals surface area contributed by atoms with E-state index in [1.165, 1.54) is 0 Å². The molecule has 3 N–H and O–H groups in total. The molecular weight excluding hydrogens is 164 g/mol. The number of aliphatic hydroxyl groups excluding tert-OH is 3. The average molecular weight is 173 g/mol. The fraction of sp³-hybridized carbons (Fsp3) is 1.00. The van der Waals surface area contributed by atoms with Crippen LogP contribution in [0.1, 0.15) is 0 Å². The second-order valence-corrected chi connectivity index (χ2v) is 1.02. The fourth-order valence-corrected chi connectivity index (χ4v) is 0.0577. The summed E-state index contributed by atoms with van der Waals surface area (Å²) in [6.07, 6.45) is -0.954. The molecule has 46 valence electrons. The number of hydrogen-bond acceptors (Lipinski definition) is 3. The van der Waals surface area contributed by atoms with Crippen molar-refractivity contribution in [3.63, 3.8) is 0 Å². The zero-order valence-electron chi connectivity index (χ0n) is 3.74. The Kier molecular flexibility index (Phi) is 9.42. The molecule has 0 amide bonds. The van der Waals surface area contributed by atoms with Crippen molar-refractivity contribution in [2.45, 2.75) is 6.10 Å². The first kappa shape index (κ1) is 10.4. The highest BCUT2D eigenvalue weighted by atomic mass is 79.9. The lowest BCUT2D eigenvalue weighted by Crippen LogP contribution is -2.15. The SMILES string of the molecule is Br.OCC(O)CO. The molecule has 0 saturated carbocycles. The van der Waals surface area contributed by atoms with Crippen molar-refractivity contribution in [3.8, 4) is 0 Å². The van der Waals surface area contributed by atoms with Gasteiger partial charge in [0.2, 0.25) is 0 Å². The van der Waals surface area contributed by atoms with E-state index in [4.69, 9.17) is 15.3 Å². The lowest BCUT2D eigenvalue weighted by Gasteiger charge is -1.96. The van der Waals surface area contributed by atoms with E-state index in [-0.39, 0.29) is 30.2 Å². The standard InChI is InChI=1S/C3H8O3.BrH/c4-1-3(6)2-5;/h3-6H,1-2H2;1H. The Bertz CT molecular complexity index is 29.4. The van der Waals surface area contributed by atoms with Crippen molar-refractivity contribution in [2.24, 2.45) is 0 Å². The summed E-state index contributed by atoms with van der Waals surface area (Å²) in [5.41, 5.74) is 0. The van der Waals surface area contributed by atoms with Crippen molar-refractivity contribution in [3.05, 3.63) is 0 Å². The van der Waals surface area contributed by atoms with Gasteiger partial charge in [-0.3, -0.25) is 0 Å². The van der Waals surface area contributed by atoms with Crippen LogP contribution >= 0.6 is 17.0 Å². The fourth-order valence-electron chi connectivity index (χ4n) is 0.0577. The Hall–Kier alpha value is 0.360. The summed E-state index contributed by atoms with van der Waals surface area (Å²) in [5, 5.41) is 24.0. The monoisotopic (exact) mass is 172 g/mol. The van der Waals surface area contributed by atoms with Gasteiger partial charge in [0.15, 0.2) is 0 Å². The van der Waals surface area contributed by atoms with Gasteiger partial charge in [-0.25, -0.2) is 0 Å². The van der Waals surface area contributed by atoms with Gasteiger partial charge in [0.05, 0.1) is 13.2 Å². The normalized spacial score (nSPS) is 8.57. The van der Waals surface area contributed by atoms with Gasteiger partial charge in [0, 0.05) is 0 Å². The van der Waals surface area contributed by atoms with E-state index < -0.39 is 6.10 Å². The van der Waals surface area contributed by atoms with Crippen LogP contribution in [0, 0.1) is 0 Å². The third-order valence-corrected chi connectivity index (χ3v) is 0.421. The van der Waals surface area contributed by atoms with Crippen LogP contribution in [0.4, 0.5) is 0 Å². The second kappa shape index (κ2) is 6.36. The molecular formula is C3H9BrO3. The molecule has 0 aromatic heterocycles. The molecule has 0 unspecified atom stereocenters. The lowest BCUT2D eigenvalue weighted by atomic mass is 10.4. The van der Waals surface area contributed by atoms with E-state index in [2.05, 4.69) is 0 Å². The van der Waals surface area contributed by atoms with E-state index in [0.29, 0.717) is 0 Å². The Morgan fingerprint density at radius 1 is 1.14 bits per heavy atom. The average Bonchev–Trinajstić information content (AvgIpc) is 1.65. The smallest absolute Gasteiger partial charge is 0.100 e. The predicted octanol–water partition coefficient (Wildman–Crippen LogP) is -1.09. The van der Waals surface area contributed by atoms with E-state index in [9.17, 15) is 0 Å². The maximum Gasteiger partial charge on any atom is 0.100 e. The molecule has 0 aliphatic heterocycles. The van der Waals surface area contributed by atoms with Crippen LogP contribution in [0.2, 0.25) is 0 Å². The minimum absolute atomic E-state index is 0. The first-order valence-corrected chi connectivity index (χ1v) is 1.71. The number of rotatable bonds is 2. The zero-order chi connectivity index (χ0) is 4.99. The number of aliphatic hydroxyl groups is 3. The molecule has 0 aliphatic carbocycles. The largest absolute Gasteiger partial charge is 0.394 e. The number of hydrogen-bond donors (Lipinski definition) is 3. The second-order valence-electron chi connectivity index (χ2n) is 1.02. The Balaban J connectivity index is 0. The highest BCUT2D eigenvalue weighted by molar-refractivity contribution is 8.93. The van der Waals surface area contributed by atoms with Crippen molar-refractivity contribution < 1.29 is 15.3 Å². The Morgan fingerprint density at radius 2 is 1.43 bits per heavy atom. The summed E-state index contributed by atoms with van der Waals surface area (Å²) in [4.78, 5) is 0. The van der Waals surface area contributed by atoms with Gasteiger partial charge < -0.3 is 15.3 Å². The van der Waals surface area contributed by atoms with Gasteiger partial charge in [-0.2, -0.15) is 0 Å². The summed E-state index contributed by atoms with van der Waals surface area (Å²) in [6, 6.07) is 0. The molecule has 0 aromatic carbocycles. The quantitative estimate of drug-likeness (QED) is 0.497. The molecule has 0 aromatic rings. The van der Waals surface area contributed by atoms with Gasteiger partial charge in [-0.15, -0.1) is 17.0 Å².